The maximum absolute atomic E-state index is 12.3. The smallest absolute Gasteiger partial charge is 0.267 e. The normalized spacial score (nSPS) is 16.5. The van der Waals surface area contributed by atoms with Crippen LogP contribution in [0.5, 0.6) is 5.75 Å². The van der Waals surface area contributed by atoms with Crippen LogP contribution in [-0.4, -0.2) is 24.0 Å². The van der Waals surface area contributed by atoms with Crippen molar-refractivity contribution in [2.45, 2.75) is 19.4 Å². The number of nitrogens with zero attached hydrogens (tertiary/aromatic N) is 2. The summed E-state index contributed by atoms with van der Waals surface area (Å²) in [5, 5.41) is 3.03. The molecule has 0 spiro atoms. The number of hydrogen-bond acceptors (Lipinski definition) is 4. The second-order valence-corrected chi connectivity index (χ2v) is 6.86. The van der Waals surface area contributed by atoms with E-state index in [-0.39, 0.29) is 5.91 Å². The van der Waals surface area contributed by atoms with Crippen LogP contribution in [0.25, 0.3) is 21.8 Å². The Morgan fingerprint density at radius 3 is 2.72 bits per heavy atom. The number of carbonyl (C=O) groups is 1. The van der Waals surface area contributed by atoms with Crippen molar-refractivity contribution < 1.29 is 9.53 Å². The molecule has 0 radical (unpaired) electrons. The second-order valence-electron chi connectivity index (χ2n) is 6.00. The molecule has 1 aromatic heterocycles. The first kappa shape index (κ1) is 15.8. The predicted molar refractivity (Wildman–Crippen MR) is 101 cm³/mol. The topological polar surface area (TPSA) is 42.4 Å². The summed E-state index contributed by atoms with van der Waals surface area (Å²) in [6.45, 7) is 1.95. The molecule has 3 aromatic rings. The highest BCUT2D eigenvalue weighted by atomic mass is 32.1. The number of benzene rings is 2. The number of carbonyl (C=O) groups excluding carboxylic acids is 1. The van der Waals surface area contributed by atoms with E-state index in [9.17, 15) is 4.79 Å². The number of rotatable bonds is 3. The lowest BCUT2D eigenvalue weighted by molar-refractivity contribution is -0.126. The molecule has 2 aromatic carbocycles. The molecule has 0 saturated carbocycles. The molecule has 126 valence electrons. The van der Waals surface area contributed by atoms with Gasteiger partial charge < -0.3 is 9.64 Å². The highest BCUT2D eigenvalue weighted by Gasteiger charge is 2.31. The molecule has 2 heterocycles. The summed E-state index contributed by atoms with van der Waals surface area (Å²) in [4.78, 5) is 18.8. The van der Waals surface area contributed by atoms with Crippen LogP contribution < -0.4 is 9.64 Å². The zero-order valence-electron chi connectivity index (χ0n) is 14.1. The van der Waals surface area contributed by atoms with Crippen LogP contribution in [0, 0.1) is 0 Å². The van der Waals surface area contributed by atoms with Crippen LogP contribution in [0.3, 0.4) is 0 Å². The van der Waals surface area contributed by atoms with E-state index in [0.717, 1.165) is 33.3 Å². The standard InChI is InChI=1S/C20H18N2O2S/c1-3-17-20(23)22(2)16-11-14(9-10-18(16)24-17)15-12-25-19(21-15)13-7-5-4-6-8-13/h4-12,17H,3H2,1-2H3. The average Bonchev–Trinajstić information content (AvgIpc) is 3.15. The number of thiazole rings is 1. The predicted octanol–water partition coefficient (Wildman–Crippen LogP) is 4.61. The average molecular weight is 350 g/mol. The number of likely N-dealkylation sites (N-methyl/N-ethyl adjacent to an activating group) is 1. The van der Waals surface area contributed by atoms with E-state index in [1.807, 2.05) is 48.7 Å². The van der Waals surface area contributed by atoms with Gasteiger partial charge in [-0.3, -0.25) is 4.79 Å². The van der Waals surface area contributed by atoms with E-state index in [0.29, 0.717) is 6.42 Å². The molecule has 1 aliphatic heterocycles. The Labute approximate surface area is 150 Å². The lowest BCUT2D eigenvalue weighted by atomic mass is 10.1. The number of aromatic nitrogens is 1. The molecule has 4 nitrogen and oxygen atoms in total. The third-order valence-corrected chi connectivity index (χ3v) is 5.28. The van der Waals surface area contributed by atoms with Crippen molar-refractivity contribution in [3.05, 3.63) is 53.9 Å². The Kier molecular flexibility index (Phi) is 4.01. The fourth-order valence-electron chi connectivity index (χ4n) is 2.95. The molecule has 1 aliphatic rings. The Hall–Kier alpha value is -2.66. The largest absolute Gasteiger partial charge is 0.478 e. The monoisotopic (exact) mass is 350 g/mol. The SMILES string of the molecule is CCC1Oc2ccc(-c3csc(-c4ccccc4)n3)cc2N(C)C1=O. The van der Waals surface area contributed by atoms with E-state index in [1.165, 1.54) is 0 Å². The maximum Gasteiger partial charge on any atom is 0.267 e. The number of hydrogen-bond donors (Lipinski definition) is 0. The van der Waals surface area contributed by atoms with Gasteiger partial charge in [0.25, 0.3) is 5.91 Å². The van der Waals surface area contributed by atoms with Crippen LogP contribution in [0.4, 0.5) is 5.69 Å². The van der Waals surface area contributed by atoms with Gasteiger partial charge in [-0.05, 0) is 24.6 Å². The maximum atomic E-state index is 12.3. The van der Waals surface area contributed by atoms with Crippen molar-refractivity contribution in [3.63, 3.8) is 0 Å². The number of fused-ring (bicyclic) bond motifs is 1. The Bertz CT molecular complexity index is 920. The highest BCUT2D eigenvalue weighted by Crippen LogP contribution is 2.38. The minimum absolute atomic E-state index is 0.00426. The lowest BCUT2D eigenvalue weighted by Crippen LogP contribution is -2.43. The van der Waals surface area contributed by atoms with Crippen molar-refractivity contribution in [3.8, 4) is 27.6 Å². The van der Waals surface area contributed by atoms with E-state index >= 15 is 0 Å². The molecule has 0 fully saturated rings. The molecule has 4 rings (SSSR count). The number of anilines is 1. The van der Waals surface area contributed by atoms with Gasteiger partial charge in [0.2, 0.25) is 0 Å². The molecule has 0 bridgehead atoms. The molecule has 0 aliphatic carbocycles. The first-order chi connectivity index (χ1) is 12.2. The van der Waals surface area contributed by atoms with Gasteiger partial charge in [-0.25, -0.2) is 4.98 Å². The quantitative estimate of drug-likeness (QED) is 0.693. The second kappa shape index (κ2) is 6.33. The summed E-state index contributed by atoms with van der Waals surface area (Å²) in [6, 6.07) is 16.0. The first-order valence-corrected chi connectivity index (χ1v) is 9.15. The van der Waals surface area contributed by atoms with Crippen LogP contribution in [-0.2, 0) is 4.79 Å². The zero-order valence-corrected chi connectivity index (χ0v) is 14.9. The molecule has 0 saturated heterocycles. The fourth-order valence-corrected chi connectivity index (χ4v) is 3.79. The molecule has 25 heavy (non-hydrogen) atoms. The molecule has 5 heteroatoms. The van der Waals surface area contributed by atoms with Gasteiger partial charge in [0.15, 0.2) is 6.10 Å². The summed E-state index contributed by atoms with van der Waals surface area (Å²) < 4.78 is 5.82. The van der Waals surface area contributed by atoms with E-state index in [4.69, 9.17) is 9.72 Å². The Balaban J connectivity index is 1.69. The molecule has 0 N–H and O–H groups in total. The summed E-state index contributed by atoms with van der Waals surface area (Å²) in [5.41, 5.74) is 3.79. The van der Waals surface area contributed by atoms with Gasteiger partial charge in [0.1, 0.15) is 10.8 Å². The molecule has 1 amide bonds. The summed E-state index contributed by atoms with van der Waals surface area (Å²) >= 11 is 1.62. The molecular formula is C20H18N2O2S. The van der Waals surface area contributed by atoms with Crippen molar-refractivity contribution in [2.75, 3.05) is 11.9 Å². The minimum Gasteiger partial charge on any atom is -0.478 e. The minimum atomic E-state index is -0.396. The Morgan fingerprint density at radius 1 is 1.16 bits per heavy atom. The van der Waals surface area contributed by atoms with Crippen molar-refractivity contribution in [1.82, 2.24) is 4.98 Å². The third kappa shape index (κ3) is 2.81. The molecule has 1 atom stereocenters. The third-order valence-electron chi connectivity index (χ3n) is 4.39. The van der Waals surface area contributed by atoms with Crippen molar-refractivity contribution >= 4 is 22.9 Å². The zero-order chi connectivity index (χ0) is 17.4. The van der Waals surface area contributed by atoms with Gasteiger partial charge in [0.05, 0.1) is 11.4 Å². The van der Waals surface area contributed by atoms with Gasteiger partial charge in [-0.15, -0.1) is 11.3 Å². The van der Waals surface area contributed by atoms with E-state index in [1.54, 1.807) is 23.3 Å². The van der Waals surface area contributed by atoms with Crippen molar-refractivity contribution in [1.29, 1.82) is 0 Å². The fraction of sp³-hybridized carbons (Fsp3) is 0.200. The molecular weight excluding hydrogens is 332 g/mol. The first-order valence-electron chi connectivity index (χ1n) is 8.27. The summed E-state index contributed by atoms with van der Waals surface area (Å²) in [6.07, 6.45) is 0.268. The summed E-state index contributed by atoms with van der Waals surface area (Å²) in [7, 11) is 1.80. The highest BCUT2D eigenvalue weighted by molar-refractivity contribution is 7.13. The number of ether oxygens (including phenoxy) is 1. The number of amides is 1. The van der Waals surface area contributed by atoms with Gasteiger partial charge >= 0.3 is 0 Å². The molecule has 1 unspecified atom stereocenters. The van der Waals surface area contributed by atoms with E-state index < -0.39 is 6.10 Å². The van der Waals surface area contributed by atoms with Gasteiger partial charge in [-0.1, -0.05) is 37.3 Å². The summed E-state index contributed by atoms with van der Waals surface area (Å²) in [5.74, 6) is 0.742. The van der Waals surface area contributed by atoms with Gasteiger partial charge in [-0.2, -0.15) is 0 Å². The Morgan fingerprint density at radius 2 is 1.96 bits per heavy atom. The lowest BCUT2D eigenvalue weighted by Gasteiger charge is -2.31. The van der Waals surface area contributed by atoms with Crippen LogP contribution in [0.1, 0.15) is 13.3 Å². The van der Waals surface area contributed by atoms with Crippen LogP contribution >= 0.6 is 11.3 Å². The van der Waals surface area contributed by atoms with Crippen LogP contribution in [0.2, 0.25) is 0 Å². The van der Waals surface area contributed by atoms with Crippen molar-refractivity contribution in [2.24, 2.45) is 0 Å². The van der Waals surface area contributed by atoms with E-state index in [2.05, 4.69) is 12.1 Å². The van der Waals surface area contributed by atoms with Gasteiger partial charge in [0, 0.05) is 23.6 Å². The van der Waals surface area contributed by atoms with Crippen LogP contribution in [0.15, 0.2) is 53.9 Å².